The van der Waals surface area contributed by atoms with Crippen molar-refractivity contribution in [1.29, 1.82) is 0 Å². The molecule has 2 N–H and O–H groups in total. The molecule has 1 amide bonds. The van der Waals surface area contributed by atoms with Crippen molar-refractivity contribution in [2.45, 2.75) is 19.8 Å². The molecular weight excluding hydrogens is 256 g/mol. The summed E-state index contributed by atoms with van der Waals surface area (Å²) < 4.78 is 0. The first kappa shape index (κ1) is 13.9. The lowest BCUT2D eigenvalue weighted by Crippen LogP contribution is -2.39. The van der Waals surface area contributed by atoms with Gasteiger partial charge in [0.15, 0.2) is 5.11 Å². The second-order valence-corrected chi connectivity index (χ2v) is 4.42. The van der Waals surface area contributed by atoms with Gasteiger partial charge in [-0.3, -0.25) is 10.1 Å². The molecule has 0 heterocycles. The minimum Gasteiger partial charge on any atom is -0.362 e. The quantitative estimate of drug-likeness (QED) is 0.653. The van der Waals surface area contributed by atoms with Crippen LogP contribution in [-0.4, -0.2) is 17.6 Å². The molecule has 0 radical (unpaired) electrons. The van der Waals surface area contributed by atoms with E-state index in [1.165, 1.54) is 0 Å². The molecular formula is C12H15ClN2OS. The summed E-state index contributed by atoms with van der Waals surface area (Å²) in [5.74, 6) is -0.249. The van der Waals surface area contributed by atoms with E-state index in [0.717, 1.165) is 19.4 Å². The third-order valence-electron chi connectivity index (χ3n) is 2.13. The molecule has 3 nitrogen and oxygen atoms in total. The Hall–Kier alpha value is -1.13. The highest BCUT2D eigenvalue weighted by Crippen LogP contribution is 2.10. The normalized spacial score (nSPS) is 9.76. The molecule has 1 aromatic rings. The second-order valence-electron chi connectivity index (χ2n) is 3.57. The van der Waals surface area contributed by atoms with E-state index in [1.807, 2.05) is 0 Å². The summed E-state index contributed by atoms with van der Waals surface area (Å²) in [6, 6.07) is 6.74. The van der Waals surface area contributed by atoms with Gasteiger partial charge in [0, 0.05) is 17.1 Å². The average molecular weight is 271 g/mol. The SMILES string of the molecule is CCCCNC(=S)NC(=O)c1cccc(Cl)c1. The lowest BCUT2D eigenvalue weighted by molar-refractivity contribution is 0.0976. The maximum Gasteiger partial charge on any atom is 0.257 e. The predicted octanol–water partition coefficient (Wildman–Crippen LogP) is 2.74. The number of unbranched alkanes of at least 4 members (excludes halogenated alkanes) is 1. The smallest absolute Gasteiger partial charge is 0.257 e. The lowest BCUT2D eigenvalue weighted by atomic mass is 10.2. The van der Waals surface area contributed by atoms with Crippen LogP contribution in [0.2, 0.25) is 5.02 Å². The highest BCUT2D eigenvalue weighted by Gasteiger charge is 2.07. The van der Waals surface area contributed by atoms with Crippen LogP contribution in [0.5, 0.6) is 0 Å². The molecule has 5 heteroatoms. The van der Waals surface area contributed by atoms with Gasteiger partial charge in [-0.15, -0.1) is 0 Å². The van der Waals surface area contributed by atoms with Gasteiger partial charge >= 0.3 is 0 Å². The van der Waals surface area contributed by atoms with Crippen molar-refractivity contribution < 1.29 is 4.79 Å². The molecule has 0 spiro atoms. The van der Waals surface area contributed by atoms with Crippen molar-refractivity contribution in [3.05, 3.63) is 34.9 Å². The Balaban J connectivity index is 2.46. The van der Waals surface area contributed by atoms with Crippen LogP contribution in [0.15, 0.2) is 24.3 Å². The van der Waals surface area contributed by atoms with Gasteiger partial charge in [-0.05, 0) is 36.8 Å². The number of carbonyl (C=O) groups excluding carboxylic acids is 1. The van der Waals surface area contributed by atoms with E-state index in [-0.39, 0.29) is 5.91 Å². The van der Waals surface area contributed by atoms with Crippen LogP contribution in [0.4, 0.5) is 0 Å². The van der Waals surface area contributed by atoms with Crippen molar-refractivity contribution in [3.8, 4) is 0 Å². The largest absolute Gasteiger partial charge is 0.362 e. The van der Waals surface area contributed by atoms with E-state index >= 15 is 0 Å². The summed E-state index contributed by atoms with van der Waals surface area (Å²) in [5.41, 5.74) is 0.497. The van der Waals surface area contributed by atoms with Crippen LogP contribution in [0.1, 0.15) is 30.1 Å². The van der Waals surface area contributed by atoms with Gasteiger partial charge in [0.1, 0.15) is 0 Å². The molecule has 0 fully saturated rings. The highest BCUT2D eigenvalue weighted by molar-refractivity contribution is 7.80. The Morgan fingerprint density at radius 2 is 2.24 bits per heavy atom. The Bertz CT molecular complexity index is 409. The third kappa shape index (κ3) is 5.15. The monoisotopic (exact) mass is 270 g/mol. The van der Waals surface area contributed by atoms with Crippen LogP contribution in [0, 0.1) is 0 Å². The Labute approximate surface area is 112 Å². The van der Waals surface area contributed by atoms with Crippen LogP contribution in [-0.2, 0) is 0 Å². The van der Waals surface area contributed by atoms with E-state index in [4.69, 9.17) is 23.8 Å². The Kier molecular flexibility index (Phi) is 5.94. The second kappa shape index (κ2) is 7.25. The van der Waals surface area contributed by atoms with Crippen LogP contribution in [0.3, 0.4) is 0 Å². The molecule has 0 saturated heterocycles. The fourth-order valence-electron chi connectivity index (χ4n) is 1.23. The minimum atomic E-state index is -0.249. The molecule has 1 rings (SSSR count). The highest BCUT2D eigenvalue weighted by atomic mass is 35.5. The predicted molar refractivity (Wildman–Crippen MR) is 74.4 cm³/mol. The molecule has 0 saturated carbocycles. The van der Waals surface area contributed by atoms with Gasteiger partial charge in [0.05, 0.1) is 0 Å². The molecule has 0 aliphatic heterocycles. The average Bonchev–Trinajstić information content (AvgIpc) is 2.29. The number of thiocarbonyl (C=S) groups is 1. The number of nitrogens with one attached hydrogen (secondary N) is 2. The van der Waals surface area contributed by atoms with Crippen LogP contribution >= 0.6 is 23.8 Å². The molecule has 0 aliphatic carbocycles. The summed E-state index contributed by atoms with van der Waals surface area (Å²) in [7, 11) is 0. The van der Waals surface area contributed by atoms with Crippen molar-refractivity contribution in [2.75, 3.05) is 6.54 Å². The molecule has 0 atom stereocenters. The van der Waals surface area contributed by atoms with Gasteiger partial charge in [0.25, 0.3) is 5.91 Å². The Morgan fingerprint density at radius 3 is 2.88 bits per heavy atom. The lowest BCUT2D eigenvalue weighted by Gasteiger charge is -2.08. The number of amides is 1. The van der Waals surface area contributed by atoms with E-state index in [1.54, 1.807) is 24.3 Å². The van der Waals surface area contributed by atoms with Gasteiger partial charge in [-0.1, -0.05) is 31.0 Å². The van der Waals surface area contributed by atoms with Crippen molar-refractivity contribution in [2.24, 2.45) is 0 Å². The van der Waals surface area contributed by atoms with E-state index in [9.17, 15) is 4.79 Å². The van der Waals surface area contributed by atoms with Crippen molar-refractivity contribution in [3.63, 3.8) is 0 Å². The first-order valence-electron chi connectivity index (χ1n) is 5.48. The molecule has 0 aliphatic rings. The number of carbonyl (C=O) groups is 1. The summed E-state index contributed by atoms with van der Waals surface area (Å²) in [4.78, 5) is 11.7. The zero-order chi connectivity index (χ0) is 12.7. The fraction of sp³-hybridized carbons (Fsp3) is 0.333. The van der Waals surface area contributed by atoms with Gasteiger partial charge in [-0.25, -0.2) is 0 Å². The van der Waals surface area contributed by atoms with E-state index < -0.39 is 0 Å². The molecule has 0 aromatic heterocycles. The molecule has 1 aromatic carbocycles. The van der Waals surface area contributed by atoms with E-state index in [0.29, 0.717) is 15.7 Å². The number of halogens is 1. The number of hydrogen-bond acceptors (Lipinski definition) is 2. The topological polar surface area (TPSA) is 41.1 Å². The van der Waals surface area contributed by atoms with Gasteiger partial charge < -0.3 is 5.32 Å². The van der Waals surface area contributed by atoms with Gasteiger partial charge in [0.2, 0.25) is 0 Å². The number of hydrogen-bond donors (Lipinski definition) is 2. The first-order chi connectivity index (χ1) is 8.13. The van der Waals surface area contributed by atoms with Gasteiger partial charge in [-0.2, -0.15) is 0 Å². The Morgan fingerprint density at radius 1 is 1.47 bits per heavy atom. The minimum absolute atomic E-state index is 0.249. The maximum absolute atomic E-state index is 11.7. The molecule has 92 valence electrons. The van der Waals surface area contributed by atoms with Crippen LogP contribution in [0.25, 0.3) is 0 Å². The summed E-state index contributed by atoms with van der Waals surface area (Å²) in [6.07, 6.45) is 2.10. The third-order valence-corrected chi connectivity index (χ3v) is 2.61. The zero-order valence-electron chi connectivity index (χ0n) is 9.63. The molecule has 0 bridgehead atoms. The molecule has 0 unspecified atom stereocenters. The summed E-state index contributed by atoms with van der Waals surface area (Å²) in [6.45, 7) is 2.86. The van der Waals surface area contributed by atoms with Crippen molar-refractivity contribution >= 4 is 34.8 Å². The maximum atomic E-state index is 11.7. The van der Waals surface area contributed by atoms with Crippen LogP contribution < -0.4 is 10.6 Å². The van der Waals surface area contributed by atoms with E-state index in [2.05, 4.69) is 17.6 Å². The standard InChI is InChI=1S/C12H15ClN2OS/c1-2-3-7-14-12(17)15-11(16)9-5-4-6-10(13)8-9/h4-6,8H,2-3,7H2,1H3,(H2,14,15,16,17). The molecule has 17 heavy (non-hydrogen) atoms. The zero-order valence-corrected chi connectivity index (χ0v) is 11.2. The summed E-state index contributed by atoms with van der Waals surface area (Å²) >= 11 is 10.8. The van der Waals surface area contributed by atoms with Crippen molar-refractivity contribution in [1.82, 2.24) is 10.6 Å². The number of rotatable bonds is 4. The fourth-order valence-corrected chi connectivity index (χ4v) is 1.61. The first-order valence-corrected chi connectivity index (χ1v) is 6.27. The summed E-state index contributed by atoms with van der Waals surface area (Å²) in [5, 5.41) is 6.45. The number of benzene rings is 1.